The van der Waals surface area contributed by atoms with Crippen LogP contribution in [0, 0.1) is 0 Å². The molecule has 2 aliphatic rings. The third kappa shape index (κ3) is 4.87. The number of carboxylic acids is 2. The molecule has 30 heavy (non-hydrogen) atoms. The highest BCUT2D eigenvalue weighted by molar-refractivity contribution is 5.74. The Hall–Kier alpha value is -1.91. The maximum atomic E-state index is 11.6. The lowest BCUT2D eigenvalue weighted by molar-refractivity contribution is -0.370. The molecule has 1 amide bonds. The molecule has 2 fully saturated rings. The average Bonchev–Trinajstić information content (AvgIpc) is 2.67. The highest BCUT2D eigenvalue weighted by atomic mass is 16.7. The van der Waals surface area contributed by atoms with Gasteiger partial charge in [0.1, 0.15) is 48.8 Å². The maximum absolute atomic E-state index is 11.6. The van der Waals surface area contributed by atoms with E-state index in [1.165, 1.54) is 0 Å². The Morgan fingerprint density at radius 1 is 0.833 bits per heavy atom. The molecule has 0 spiro atoms. The van der Waals surface area contributed by atoms with Crippen molar-refractivity contribution in [2.75, 3.05) is 14.2 Å². The summed E-state index contributed by atoms with van der Waals surface area (Å²) < 4.78 is 25.4. The number of ether oxygens (including phenoxy) is 5. The van der Waals surface area contributed by atoms with Crippen LogP contribution in [0.15, 0.2) is 0 Å². The molecule has 2 saturated heterocycles. The molecule has 0 aromatic heterocycles. The van der Waals surface area contributed by atoms with Gasteiger partial charge in [-0.25, -0.2) is 0 Å². The lowest BCUT2D eigenvalue weighted by Crippen LogP contribution is -2.70. The van der Waals surface area contributed by atoms with Gasteiger partial charge in [0.2, 0.25) is 5.91 Å². The molecule has 6 unspecified atom stereocenters. The van der Waals surface area contributed by atoms with Crippen LogP contribution in [0.25, 0.3) is 0 Å². The summed E-state index contributed by atoms with van der Waals surface area (Å²) in [6.07, 6.45) is -15.9. The summed E-state index contributed by atoms with van der Waals surface area (Å²) in [6, 6.07) is -1.31. The Bertz CT molecular complexity index is 645. The Labute approximate surface area is 170 Å². The van der Waals surface area contributed by atoms with Crippen LogP contribution in [0.4, 0.5) is 0 Å². The zero-order valence-corrected chi connectivity index (χ0v) is 16.2. The molecule has 0 saturated carbocycles. The summed E-state index contributed by atoms with van der Waals surface area (Å²) in [5.41, 5.74) is 0. The molecule has 14 nitrogen and oxygen atoms in total. The molecule has 0 bridgehead atoms. The normalized spacial score (nSPS) is 41.8. The van der Waals surface area contributed by atoms with Gasteiger partial charge in [-0.1, -0.05) is 0 Å². The molecule has 0 radical (unpaired) electrons. The summed E-state index contributed by atoms with van der Waals surface area (Å²) in [5, 5.41) is 55.8. The van der Waals surface area contributed by atoms with Crippen LogP contribution in [0.3, 0.4) is 0 Å². The number of carboxylic acid groups (broad SMARTS) is 2. The van der Waals surface area contributed by atoms with Gasteiger partial charge in [-0.3, -0.25) is 4.79 Å². The number of nitrogens with one attached hydrogen (secondary N) is 1. The Kier molecular flexibility index (Phi) is 8.06. The quantitative estimate of drug-likeness (QED) is 0.292. The molecular weight excluding hydrogens is 414 g/mol. The van der Waals surface area contributed by atoms with Crippen molar-refractivity contribution >= 4 is 17.8 Å². The summed E-state index contributed by atoms with van der Waals surface area (Å²) in [7, 11) is 2.20. The topological polar surface area (TPSA) is 216 Å². The molecule has 0 aliphatic carbocycles. The van der Waals surface area contributed by atoms with Gasteiger partial charge in [0.25, 0.3) is 0 Å². The van der Waals surface area contributed by atoms with Gasteiger partial charge in [-0.05, 0) is 0 Å². The van der Waals surface area contributed by atoms with Gasteiger partial charge in [0.05, 0.1) is 11.9 Å². The van der Waals surface area contributed by atoms with Crippen molar-refractivity contribution in [3.63, 3.8) is 0 Å². The SMILES string of the molecule is COC1OC(C(=O)[O-])[C@@H](O)C(OC2OC(C(=O)[O-])[C@@H](OC)C(O)[C@@H]2O)[C@@H]1NC(C)=O. The van der Waals surface area contributed by atoms with E-state index in [9.17, 15) is 39.9 Å². The first-order valence-electron chi connectivity index (χ1n) is 8.78. The molecule has 10 atom stereocenters. The van der Waals surface area contributed by atoms with Gasteiger partial charge in [0, 0.05) is 21.1 Å². The van der Waals surface area contributed by atoms with Crippen LogP contribution >= 0.6 is 0 Å². The number of hydrogen-bond acceptors (Lipinski definition) is 13. The molecule has 0 aromatic carbocycles. The van der Waals surface area contributed by atoms with Crippen LogP contribution in [-0.4, -0.2) is 109 Å². The van der Waals surface area contributed by atoms with Gasteiger partial charge in [0.15, 0.2) is 12.6 Å². The minimum atomic E-state index is -1.97. The smallest absolute Gasteiger partial charge is 0.217 e. The fourth-order valence-electron chi connectivity index (χ4n) is 3.35. The number of hydrogen-bond donors (Lipinski definition) is 4. The van der Waals surface area contributed by atoms with E-state index in [0.29, 0.717) is 0 Å². The van der Waals surface area contributed by atoms with E-state index in [1.54, 1.807) is 0 Å². The van der Waals surface area contributed by atoms with E-state index in [0.717, 1.165) is 21.1 Å². The van der Waals surface area contributed by atoms with Crippen molar-refractivity contribution in [3.05, 3.63) is 0 Å². The fourth-order valence-corrected chi connectivity index (χ4v) is 3.35. The van der Waals surface area contributed by atoms with Crippen LogP contribution in [0.2, 0.25) is 0 Å². The maximum Gasteiger partial charge on any atom is 0.217 e. The number of rotatable bonds is 7. The van der Waals surface area contributed by atoms with E-state index in [4.69, 9.17) is 23.7 Å². The number of carbonyl (C=O) groups excluding carboxylic acids is 3. The molecule has 2 aliphatic heterocycles. The summed E-state index contributed by atoms with van der Waals surface area (Å²) >= 11 is 0. The van der Waals surface area contributed by atoms with E-state index >= 15 is 0 Å². The molecule has 2 heterocycles. The first-order valence-corrected chi connectivity index (χ1v) is 8.78. The molecule has 172 valence electrons. The number of amides is 1. The average molecular weight is 437 g/mol. The highest BCUT2D eigenvalue weighted by Crippen LogP contribution is 2.30. The molecule has 4 N–H and O–H groups in total. The van der Waals surface area contributed by atoms with Crippen molar-refractivity contribution in [2.24, 2.45) is 0 Å². The number of aliphatic hydroxyl groups excluding tert-OH is 3. The van der Waals surface area contributed by atoms with Crippen molar-refractivity contribution in [2.45, 2.75) is 68.3 Å². The summed E-state index contributed by atoms with van der Waals surface area (Å²) in [6.45, 7) is 1.12. The largest absolute Gasteiger partial charge is 0.547 e. The highest BCUT2D eigenvalue weighted by Gasteiger charge is 2.52. The summed E-state index contributed by atoms with van der Waals surface area (Å²) in [5.74, 6) is -4.23. The Balaban J connectivity index is 2.34. The van der Waals surface area contributed by atoms with E-state index in [2.05, 4.69) is 5.32 Å². The number of methoxy groups -OCH3 is 2. The van der Waals surface area contributed by atoms with Crippen LogP contribution in [-0.2, 0) is 38.1 Å². The minimum Gasteiger partial charge on any atom is -0.547 e. The second kappa shape index (κ2) is 9.93. The first-order chi connectivity index (χ1) is 14.0. The first kappa shape index (κ1) is 24.4. The molecule has 2 rings (SSSR count). The Morgan fingerprint density at radius 3 is 1.87 bits per heavy atom. The van der Waals surface area contributed by atoms with Gasteiger partial charge in [-0.15, -0.1) is 0 Å². The van der Waals surface area contributed by atoms with Crippen LogP contribution < -0.4 is 15.5 Å². The molecule has 14 heteroatoms. The van der Waals surface area contributed by atoms with Crippen molar-refractivity contribution in [3.8, 4) is 0 Å². The molecular formula is C16H23NO13-2. The van der Waals surface area contributed by atoms with Gasteiger partial charge in [-0.2, -0.15) is 0 Å². The predicted molar refractivity (Wildman–Crippen MR) is 85.6 cm³/mol. The van der Waals surface area contributed by atoms with Crippen LogP contribution in [0.5, 0.6) is 0 Å². The van der Waals surface area contributed by atoms with Crippen molar-refractivity contribution in [1.29, 1.82) is 0 Å². The fraction of sp³-hybridized carbons (Fsp3) is 0.812. The minimum absolute atomic E-state index is 0.629. The zero-order chi connectivity index (χ0) is 22.7. The lowest BCUT2D eigenvalue weighted by atomic mass is 9.95. The monoisotopic (exact) mass is 437 g/mol. The molecule has 0 aromatic rings. The number of carbonyl (C=O) groups is 3. The van der Waals surface area contributed by atoms with Gasteiger partial charge >= 0.3 is 0 Å². The second-order valence-electron chi connectivity index (χ2n) is 6.72. The second-order valence-corrected chi connectivity index (χ2v) is 6.72. The third-order valence-electron chi connectivity index (χ3n) is 4.75. The van der Waals surface area contributed by atoms with Crippen LogP contribution in [0.1, 0.15) is 6.92 Å². The standard InChI is InChI=1S/C16H25NO13/c1-4(18)17-5-9(8(21)11(13(22)23)29-15(5)27-3)28-16-7(20)6(19)10(26-2)12(30-16)14(24)25/h5-12,15-16,19-21H,1-3H3,(H,17,18)(H,22,23)(H,24,25)/p-2/t5-,6?,7-,8-,9?,10-,11?,12?,15?,16?/m0/s1. The number of aliphatic hydroxyl groups is 3. The van der Waals surface area contributed by atoms with Crippen molar-refractivity contribution < 1.29 is 63.6 Å². The zero-order valence-electron chi connectivity index (χ0n) is 16.2. The van der Waals surface area contributed by atoms with Crippen molar-refractivity contribution in [1.82, 2.24) is 5.32 Å². The lowest BCUT2D eigenvalue weighted by Gasteiger charge is -2.48. The third-order valence-corrected chi connectivity index (χ3v) is 4.75. The van der Waals surface area contributed by atoms with E-state index in [1.807, 2.05) is 0 Å². The number of aliphatic carboxylic acids is 2. The Morgan fingerprint density at radius 2 is 1.40 bits per heavy atom. The summed E-state index contributed by atoms with van der Waals surface area (Å²) in [4.78, 5) is 34.2. The van der Waals surface area contributed by atoms with Gasteiger partial charge < -0.3 is 64.1 Å². The van der Waals surface area contributed by atoms with E-state index < -0.39 is 79.2 Å². The van der Waals surface area contributed by atoms with E-state index in [-0.39, 0.29) is 0 Å². The predicted octanol–water partition coefficient (Wildman–Crippen LogP) is -6.43.